The van der Waals surface area contributed by atoms with Gasteiger partial charge >= 0.3 is 5.69 Å². The lowest BCUT2D eigenvalue weighted by Gasteiger charge is -2.07. The smallest absolute Gasteiger partial charge is 0.332 e. The highest BCUT2D eigenvalue weighted by molar-refractivity contribution is 5.76. The minimum absolute atomic E-state index is 0.309. The van der Waals surface area contributed by atoms with Gasteiger partial charge in [0.25, 0.3) is 5.56 Å². The summed E-state index contributed by atoms with van der Waals surface area (Å²) in [7, 11) is 3.16. The first-order valence-electron chi connectivity index (χ1n) is 8.67. The Morgan fingerprint density at radius 2 is 1.74 bits per heavy atom. The highest BCUT2D eigenvalue weighted by Crippen LogP contribution is 2.28. The first-order chi connectivity index (χ1) is 13.0. The average molecular weight is 370 g/mol. The molecule has 1 N–H and O–H groups in total. The van der Waals surface area contributed by atoms with E-state index in [1.807, 2.05) is 31.2 Å². The van der Waals surface area contributed by atoms with E-state index in [0.717, 1.165) is 5.56 Å². The number of fused-ring (bicyclic) bond motifs is 1. The van der Waals surface area contributed by atoms with Crippen LogP contribution in [-0.2, 0) is 13.1 Å². The number of nitrogens with zero attached hydrogens (tertiary/aromatic N) is 3. The van der Waals surface area contributed by atoms with Crippen LogP contribution in [0.1, 0.15) is 25.2 Å². The van der Waals surface area contributed by atoms with Gasteiger partial charge in [-0.1, -0.05) is 12.1 Å². The summed E-state index contributed by atoms with van der Waals surface area (Å²) in [4.78, 5) is 32.4. The van der Waals surface area contributed by atoms with Gasteiger partial charge in [0.1, 0.15) is 11.3 Å². The van der Waals surface area contributed by atoms with Crippen molar-refractivity contribution in [3.63, 3.8) is 0 Å². The van der Waals surface area contributed by atoms with Gasteiger partial charge < -0.3 is 14.5 Å². The number of rotatable bonds is 6. The molecule has 8 nitrogen and oxygen atoms in total. The maximum absolute atomic E-state index is 12.5. The minimum atomic E-state index is -0.361. The van der Waals surface area contributed by atoms with Gasteiger partial charge in [-0.05, 0) is 37.6 Å². The summed E-state index contributed by atoms with van der Waals surface area (Å²) < 4.78 is 13.2. The molecule has 3 aromatic rings. The van der Waals surface area contributed by atoms with Crippen molar-refractivity contribution in [3.8, 4) is 11.5 Å². The minimum Gasteiger partial charge on any atom is -0.493 e. The molecule has 0 radical (unpaired) electrons. The lowest BCUT2D eigenvalue weighted by Crippen LogP contribution is -2.39. The van der Waals surface area contributed by atoms with Crippen molar-refractivity contribution in [1.29, 1.82) is 0 Å². The fourth-order valence-corrected chi connectivity index (χ4v) is 2.96. The maximum Gasteiger partial charge on any atom is 0.332 e. The number of aromatic nitrogens is 4. The molecule has 0 saturated heterocycles. The predicted octanol–water partition coefficient (Wildman–Crippen LogP) is 2.11. The third-order valence-electron chi connectivity index (χ3n) is 4.35. The van der Waals surface area contributed by atoms with Crippen molar-refractivity contribution in [2.24, 2.45) is 0 Å². The van der Waals surface area contributed by atoms with Gasteiger partial charge in [0.05, 0.1) is 14.2 Å². The predicted molar refractivity (Wildman–Crippen MR) is 104 cm³/mol. The summed E-state index contributed by atoms with van der Waals surface area (Å²) in [5.74, 6) is 1.76. The summed E-state index contributed by atoms with van der Waals surface area (Å²) in [6, 6.07) is 5.53. The molecule has 0 fully saturated rings. The fraction of sp³-hybridized carbons (Fsp3) is 0.316. The average Bonchev–Trinajstić information content (AvgIpc) is 3.11. The first-order valence-corrected chi connectivity index (χ1v) is 8.67. The van der Waals surface area contributed by atoms with E-state index in [9.17, 15) is 9.59 Å². The Kier molecular flexibility index (Phi) is 5.16. The largest absolute Gasteiger partial charge is 0.493 e. The van der Waals surface area contributed by atoms with E-state index in [1.165, 1.54) is 9.13 Å². The number of aromatic amines is 1. The van der Waals surface area contributed by atoms with Crippen LogP contribution in [0.15, 0.2) is 27.8 Å². The van der Waals surface area contributed by atoms with Crippen molar-refractivity contribution < 1.29 is 9.47 Å². The molecule has 0 atom stereocenters. The van der Waals surface area contributed by atoms with Crippen LogP contribution in [-0.4, -0.2) is 33.3 Å². The van der Waals surface area contributed by atoms with E-state index >= 15 is 0 Å². The molecular weight excluding hydrogens is 348 g/mol. The Morgan fingerprint density at radius 1 is 1.04 bits per heavy atom. The third kappa shape index (κ3) is 3.25. The molecule has 0 unspecified atom stereocenters. The Balaban J connectivity index is 2.06. The van der Waals surface area contributed by atoms with Crippen LogP contribution in [0.25, 0.3) is 23.3 Å². The van der Waals surface area contributed by atoms with Crippen LogP contribution < -0.4 is 20.7 Å². The summed E-state index contributed by atoms with van der Waals surface area (Å²) in [5.41, 5.74) is 0.862. The van der Waals surface area contributed by atoms with E-state index < -0.39 is 0 Å². The molecule has 8 heteroatoms. The Labute approximate surface area is 155 Å². The summed E-state index contributed by atoms with van der Waals surface area (Å²) in [5, 5.41) is 0. The molecule has 142 valence electrons. The van der Waals surface area contributed by atoms with Crippen molar-refractivity contribution in [1.82, 2.24) is 19.1 Å². The number of aryl methyl sites for hydroxylation is 1. The van der Waals surface area contributed by atoms with Crippen LogP contribution in [0.5, 0.6) is 11.5 Å². The zero-order chi connectivity index (χ0) is 19.6. The standard InChI is InChI=1S/C19H22N4O4/c1-5-22-17-16(18(24)23(6-2)19(22)25)20-15(21-17)10-8-12-7-9-13(26-3)14(11-12)27-4/h7-11H,5-6H2,1-4H3,(H,20,21)/b10-8+. The van der Waals surface area contributed by atoms with Crippen LogP contribution >= 0.6 is 0 Å². The molecule has 27 heavy (non-hydrogen) atoms. The second-order valence-corrected chi connectivity index (χ2v) is 5.84. The summed E-state index contributed by atoms with van der Waals surface area (Å²) in [6.45, 7) is 4.35. The molecule has 0 spiro atoms. The lowest BCUT2D eigenvalue weighted by atomic mass is 10.2. The van der Waals surface area contributed by atoms with Crippen molar-refractivity contribution >= 4 is 23.3 Å². The summed E-state index contributed by atoms with van der Waals surface area (Å²) in [6.07, 6.45) is 3.59. The van der Waals surface area contributed by atoms with Gasteiger partial charge in [-0.2, -0.15) is 0 Å². The molecule has 0 bridgehead atoms. The number of methoxy groups -OCH3 is 2. The van der Waals surface area contributed by atoms with E-state index in [-0.39, 0.29) is 11.2 Å². The van der Waals surface area contributed by atoms with E-state index in [2.05, 4.69) is 9.97 Å². The quantitative estimate of drug-likeness (QED) is 0.718. The fourth-order valence-electron chi connectivity index (χ4n) is 2.96. The van der Waals surface area contributed by atoms with E-state index in [0.29, 0.717) is 41.6 Å². The van der Waals surface area contributed by atoms with E-state index in [1.54, 1.807) is 27.2 Å². The molecule has 1 aromatic carbocycles. The highest BCUT2D eigenvalue weighted by atomic mass is 16.5. The van der Waals surface area contributed by atoms with E-state index in [4.69, 9.17) is 9.47 Å². The van der Waals surface area contributed by atoms with Gasteiger partial charge in [-0.15, -0.1) is 0 Å². The molecule has 0 saturated carbocycles. The SMILES string of the molecule is CCn1c(=O)c2[nH]c(/C=C/c3ccc(OC)c(OC)c3)nc2n(CC)c1=O. The van der Waals surface area contributed by atoms with Crippen LogP contribution in [0.3, 0.4) is 0 Å². The monoisotopic (exact) mass is 370 g/mol. The third-order valence-corrected chi connectivity index (χ3v) is 4.35. The number of H-pyrrole nitrogens is 1. The normalized spacial score (nSPS) is 11.4. The lowest BCUT2D eigenvalue weighted by molar-refractivity contribution is 0.355. The second kappa shape index (κ2) is 7.53. The molecule has 0 amide bonds. The van der Waals surface area contributed by atoms with Crippen molar-refractivity contribution in [3.05, 3.63) is 50.4 Å². The van der Waals surface area contributed by atoms with Gasteiger partial charge in [0.2, 0.25) is 0 Å². The van der Waals surface area contributed by atoms with Crippen LogP contribution in [0.2, 0.25) is 0 Å². The number of ether oxygens (including phenoxy) is 2. The second-order valence-electron chi connectivity index (χ2n) is 5.84. The van der Waals surface area contributed by atoms with Gasteiger partial charge in [0.15, 0.2) is 17.1 Å². The Hall–Kier alpha value is -3.29. The topological polar surface area (TPSA) is 91.1 Å². The Morgan fingerprint density at radius 3 is 2.37 bits per heavy atom. The van der Waals surface area contributed by atoms with Crippen molar-refractivity contribution in [2.75, 3.05) is 14.2 Å². The molecule has 0 aliphatic heterocycles. The maximum atomic E-state index is 12.5. The van der Waals surface area contributed by atoms with Gasteiger partial charge in [0, 0.05) is 13.1 Å². The first kappa shape index (κ1) is 18.5. The molecular formula is C19H22N4O4. The zero-order valence-electron chi connectivity index (χ0n) is 15.8. The molecule has 0 aliphatic carbocycles. The number of benzene rings is 1. The number of imidazole rings is 1. The van der Waals surface area contributed by atoms with Crippen LogP contribution in [0.4, 0.5) is 0 Å². The number of hydrogen-bond donors (Lipinski definition) is 1. The number of nitrogens with one attached hydrogen (secondary N) is 1. The van der Waals surface area contributed by atoms with Crippen LogP contribution in [0, 0.1) is 0 Å². The molecule has 0 aliphatic rings. The Bertz CT molecular complexity index is 1120. The molecule has 3 rings (SSSR count). The van der Waals surface area contributed by atoms with Crippen molar-refractivity contribution in [2.45, 2.75) is 26.9 Å². The van der Waals surface area contributed by atoms with Gasteiger partial charge in [-0.25, -0.2) is 9.78 Å². The summed E-state index contributed by atoms with van der Waals surface area (Å²) >= 11 is 0. The molecule has 2 heterocycles. The molecule has 2 aromatic heterocycles. The number of hydrogen-bond acceptors (Lipinski definition) is 5. The van der Waals surface area contributed by atoms with Gasteiger partial charge in [-0.3, -0.25) is 13.9 Å². The highest BCUT2D eigenvalue weighted by Gasteiger charge is 2.14. The zero-order valence-corrected chi connectivity index (χ0v) is 15.8.